The van der Waals surface area contributed by atoms with E-state index in [1.165, 1.54) is 18.9 Å². The van der Waals surface area contributed by atoms with Crippen LogP contribution in [-0.2, 0) is 31.0 Å². The van der Waals surface area contributed by atoms with Gasteiger partial charge in [-0.05, 0) is 30.2 Å². The first-order chi connectivity index (χ1) is 16.4. The molecular formula is C20H20F6N8O. The minimum atomic E-state index is -4.75. The zero-order chi connectivity index (χ0) is 25.7. The molecule has 2 aromatic heterocycles. The van der Waals surface area contributed by atoms with Crippen molar-refractivity contribution in [2.75, 3.05) is 6.54 Å². The number of carbonyl (C=O) groups is 1. The van der Waals surface area contributed by atoms with Gasteiger partial charge in [0, 0.05) is 31.6 Å². The van der Waals surface area contributed by atoms with E-state index in [2.05, 4.69) is 20.4 Å². The lowest BCUT2D eigenvalue weighted by Gasteiger charge is -2.36. The third kappa shape index (κ3) is 4.72. The SMILES string of the molecule is CC1c2c(-c3nnn(C)n3)nc(C(F)(F)F)n2CCN1C(=O)C[C@H](N)Cc1cc(F)c(F)cc1F. The van der Waals surface area contributed by atoms with Crippen LogP contribution in [0.25, 0.3) is 11.5 Å². The molecule has 3 aromatic rings. The number of amides is 1. The van der Waals surface area contributed by atoms with Crippen molar-refractivity contribution in [3.8, 4) is 11.5 Å². The Morgan fingerprint density at radius 3 is 2.49 bits per heavy atom. The predicted molar refractivity (Wildman–Crippen MR) is 108 cm³/mol. The Bertz CT molecular complexity index is 1270. The molecule has 4 rings (SSSR count). The van der Waals surface area contributed by atoms with Crippen molar-refractivity contribution < 1.29 is 31.1 Å². The molecular weight excluding hydrogens is 482 g/mol. The van der Waals surface area contributed by atoms with Gasteiger partial charge in [0.1, 0.15) is 11.5 Å². The van der Waals surface area contributed by atoms with Crippen LogP contribution in [0.4, 0.5) is 26.3 Å². The van der Waals surface area contributed by atoms with Crippen molar-refractivity contribution in [1.29, 1.82) is 0 Å². The van der Waals surface area contributed by atoms with Crippen molar-refractivity contribution in [2.24, 2.45) is 12.8 Å². The second-order valence-electron chi connectivity index (χ2n) is 8.21. The lowest BCUT2D eigenvalue weighted by molar-refractivity contribution is -0.148. The van der Waals surface area contributed by atoms with E-state index in [9.17, 15) is 31.1 Å². The van der Waals surface area contributed by atoms with Gasteiger partial charge in [-0.3, -0.25) is 4.79 Å². The van der Waals surface area contributed by atoms with E-state index in [4.69, 9.17) is 5.73 Å². The summed E-state index contributed by atoms with van der Waals surface area (Å²) >= 11 is 0. The number of aryl methyl sites for hydroxylation is 1. The smallest absolute Gasteiger partial charge is 0.333 e. The van der Waals surface area contributed by atoms with E-state index >= 15 is 0 Å². The number of fused-ring (bicyclic) bond motifs is 1. The average molecular weight is 502 g/mol. The molecule has 0 spiro atoms. The summed E-state index contributed by atoms with van der Waals surface area (Å²) < 4.78 is 82.4. The Kier molecular flexibility index (Phi) is 6.29. The number of benzene rings is 1. The minimum absolute atomic E-state index is 0.0635. The largest absolute Gasteiger partial charge is 0.449 e. The van der Waals surface area contributed by atoms with Gasteiger partial charge < -0.3 is 15.2 Å². The molecule has 1 aliphatic rings. The fraction of sp³-hybridized carbons (Fsp3) is 0.450. The van der Waals surface area contributed by atoms with Gasteiger partial charge in [0.25, 0.3) is 0 Å². The number of halogens is 6. The normalized spacial score (nSPS) is 16.9. The molecule has 0 radical (unpaired) electrons. The summed E-state index contributed by atoms with van der Waals surface area (Å²) in [4.78, 5) is 19.1. The van der Waals surface area contributed by atoms with E-state index in [0.717, 1.165) is 9.36 Å². The molecule has 1 unspecified atom stereocenters. The first kappa shape index (κ1) is 24.6. The standard InChI is InChI=1S/C20H20F6N8O/c1-9-17-16(18-29-31-32(2)30-18)28-19(20(24,25)26)34(17)4-3-33(9)15(35)7-11(27)5-10-6-13(22)14(23)8-12(10)21/h6,8-9,11H,3-5,7,27H2,1-2H3/t9?,11-/m1/s1. The lowest BCUT2D eigenvalue weighted by Crippen LogP contribution is -2.44. The van der Waals surface area contributed by atoms with Crippen molar-refractivity contribution in [3.05, 3.63) is 46.7 Å². The second-order valence-corrected chi connectivity index (χ2v) is 8.21. The van der Waals surface area contributed by atoms with Crippen LogP contribution in [0, 0.1) is 17.5 Å². The molecule has 188 valence electrons. The zero-order valence-electron chi connectivity index (χ0n) is 18.5. The van der Waals surface area contributed by atoms with Crippen LogP contribution in [0.15, 0.2) is 12.1 Å². The molecule has 1 amide bonds. The molecule has 2 atom stereocenters. The topological polar surface area (TPSA) is 108 Å². The maximum Gasteiger partial charge on any atom is 0.449 e. The number of aromatic nitrogens is 6. The van der Waals surface area contributed by atoms with Gasteiger partial charge in [0.15, 0.2) is 11.6 Å². The number of rotatable bonds is 5. The molecule has 15 heteroatoms. The van der Waals surface area contributed by atoms with Crippen molar-refractivity contribution in [3.63, 3.8) is 0 Å². The molecule has 0 saturated carbocycles. The molecule has 35 heavy (non-hydrogen) atoms. The maximum atomic E-state index is 13.9. The van der Waals surface area contributed by atoms with Crippen molar-refractivity contribution >= 4 is 5.91 Å². The number of hydrogen-bond acceptors (Lipinski definition) is 6. The molecule has 0 fully saturated rings. The molecule has 2 N–H and O–H groups in total. The summed E-state index contributed by atoms with van der Waals surface area (Å²) in [5, 5.41) is 11.3. The maximum absolute atomic E-state index is 13.9. The van der Waals surface area contributed by atoms with E-state index in [1.54, 1.807) is 0 Å². The predicted octanol–water partition coefficient (Wildman–Crippen LogP) is 2.37. The third-order valence-corrected chi connectivity index (χ3v) is 5.74. The van der Waals surface area contributed by atoms with E-state index < -0.39 is 47.4 Å². The summed E-state index contributed by atoms with van der Waals surface area (Å²) in [6.45, 7) is 1.28. The zero-order valence-corrected chi connectivity index (χ0v) is 18.5. The van der Waals surface area contributed by atoms with E-state index in [-0.39, 0.29) is 48.7 Å². The molecule has 9 nitrogen and oxygen atoms in total. The van der Waals surface area contributed by atoms with Gasteiger partial charge in [-0.25, -0.2) is 18.2 Å². The molecule has 1 aliphatic heterocycles. The Labute approximate surface area is 194 Å². The fourth-order valence-corrected chi connectivity index (χ4v) is 4.18. The van der Waals surface area contributed by atoms with Crippen LogP contribution >= 0.6 is 0 Å². The van der Waals surface area contributed by atoms with Crippen molar-refractivity contribution in [1.82, 2.24) is 34.7 Å². The number of carbonyl (C=O) groups excluding carboxylic acids is 1. The first-order valence-corrected chi connectivity index (χ1v) is 10.5. The number of hydrogen-bond donors (Lipinski definition) is 1. The lowest BCUT2D eigenvalue weighted by atomic mass is 10.0. The molecule has 0 saturated heterocycles. The van der Waals surface area contributed by atoms with Crippen LogP contribution in [-0.4, -0.2) is 53.2 Å². The van der Waals surface area contributed by atoms with Crippen LogP contribution in [0.2, 0.25) is 0 Å². The van der Waals surface area contributed by atoms with Crippen LogP contribution in [0.1, 0.15) is 36.5 Å². The number of tetrazole rings is 1. The Balaban J connectivity index is 1.58. The minimum Gasteiger partial charge on any atom is -0.333 e. The Morgan fingerprint density at radius 2 is 1.86 bits per heavy atom. The summed E-state index contributed by atoms with van der Waals surface area (Å²) in [5.74, 6) is -5.36. The summed E-state index contributed by atoms with van der Waals surface area (Å²) in [5.41, 5.74) is 5.71. The number of nitrogens with two attached hydrogens (primary N) is 1. The summed E-state index contributed by atoms with van der Waals surface area (Å²) in [7, 11) is 1.44. The van der Waals surface area contributed by atoms with Crippen LogP contribution < -0.4 is 5.73 Å². The highest BCUT2D eigenvalue weighted by Gasteiger charge is 2.43. The van der Waals surface area contributed by atoms with Gasteiger partial charge in [-0.1, -0.05) is 0 Å². The summed E-state index contributed by atoms with van der Waals surface area (Å²) in [6, 6.07) is -0.734. The second kappa shape index (κ2) is 8.94. The summed E-state index contributed by atoms with van der Waals surface area (Å²) in [6.07, 6.45) is -5.30. The van der Waals surface area contributed by atoms with E-state index in [1.807, 2.05) is 0 Å². The molecule has 0 aliphatic carbocycles. The molecule has 3 heterocycles. The highest BCUT2D eigenvalue weighted by atomic mass is 19.4. The highest BCUT2D eigenvalue weighted by Crippen LogP contribution is 2.39. The molecule has 0 bridgehead atoms. The Morgan fingerprint density at radius 1 is 1.17 bits per heavy atom. The monoisotopic (exact) mass is 502 g/mol. The van der Waals surface area contributed by atoms with Crippen molar-refractivity contribution in [2.45, 2.75) is 44.6 Å². The molecule has 1 aromatic carbocycles. The van der Waals surface area contributed by atoms with Gasteiger partial charge >= 0.3 is 6.18 Å². The third-order valence-electron chi connectivity index (χ3n) is 5.74. The fourth-order valence-electron chi connectivity index (χ4n) is 4.18. The average Bonchev–Trinajstić information content (AvgIpc) is 3.36. The number of nitrogens with zero attached hydrogens (tertiary/aromatic N) is 7. The highest BCUT2D eigenvalue weighted by molar-refractivity contribution is 5.78. The van der Waals surface area contributed by atoms with E-state index in [0.29, 0.717) is 12.1 Å². The van der Waals surface area contributed by atoms with Crippen LogP contribution in [0.3, 0.4) is 0 Å². The number of imidazole rings is 1. The van der Waals surface area contributed by atoms with Gasteiger partial charge in [0.2, 0.25) is 17.6 Å². The van der Waals surface area contributed by atoms with Gasteiger partial charge in [-0.2, -0.15) is 18.0 Å². The van der Waals surface area contributed by atoms with Crippen LogP contribution in [0.5, 0.6) is 0 Å². The first-order valence-electron chi connectivity index (χ1n) is 10.5. The van der Waals surface area contributed by atoms with Gasteiger partial charge in [-0.15, -0.1) is 10.2 Å². The quantitative estimate of drug-likeness (QED) is 0.424. The Hall–Kier alpha value is -3.49. The number of alkyl halides is 3. The van der Waals surface area contributed by atoms with Gasteiger partial charge in [0.05, 0.1) is 18.8 Å².